The van der Waals surface area contributed by atoms with Crippen molar-refractivity contribution in [1.82, 2.24) is 19.7 Å². The molecule has 1 aliphatic carbocycles. The van der Waals surface area contributed by atoms with Crippen LogP contribution in [0.2, 0.25) is 0 Å². The minimum Gasteiger partial charge on any atom is -0.424 e. The van der Waals surface area contributed by atoms with E-state index in [4.69, 9.17) is 4.74 Å². The zero-order chi connectivity index (χ0) is 21.5. The largest absolute Gasteiger partial charge is 0.424 e. The molecule has 2 unspecified atom stereocenters. The predicted molar refractivity (Wildman–Crippen MR) is 103 cm³/mol. The molecule has 1 aliphatic heterocycles. The summed E-state index contributed by atoms with van der Waals surface area (Å²) in [6.45, 7) is 5.21. The molecule has 1 aromatic heterocycles. The van der Waals surface area contributed by atoms with E-state index in [-0.39, 0.29) is 23.8 Å². The minimum atomic E-state index is -4.45. The standard InChI is InChI=1S/C20H23F3N6O/c1-12(2)29-19(30-16-5-3-4-15(8-16)20(21,22)23)26-18(27-29)25-17-13-6-7-14(17)10-28(9-13)11-24/h3-5,8,12-14,17H,6-7,9-10H2,1-2H3,(H,25,27). The van der Waals surface area contributed by atoms with Gasteiger partial charge in [-0.2, -0.15) is 23.4 Å². The van der Waals surface area contributed by atoms with Crippen LogP contribution in [0.5, 0.6) is 11.8 Å². The number of piperidine rings is 1. The molecular formula is C20H23F3N6O. The van der Waals surface area contributed by atoms with Gasteiger partial charge in [-0.25, -0.2) is 4.68 Å². The Morgan fingerprint density at radius 3 is 2.53 bits per heavy atom. The molecule has 2 bridgehead atoms. The first-order valence-electron chi connectivity index (χ1n) is 9.97. The van der Waals surface area contributed by atoms with Gasteiger partial charge in [0, 0.05) is 19.1 Å². The third-order valence-corrected chi connectivity index (χ3v) is 5.73. The fourth-order valence-corrected chi connectivity index (χ4v) is 4.31. The van der Waals surface area contributed by atoms with Gasteiger partial charge in [0.1, 0.15) is 5.75 Å². The molecule has 2 fully saturated rings. The van der Waals surface area contributed by atoms with Crippen LogP contribution in [-0.4, -0.2) is 38.8 Å². The zero-order valence-corrected chi connectivity index (χ0v) is 16.7. The van der Waals surface area contributed by atoms with E-state index in [2.05, 4.69) is 21.6 Å². The van der Waals surface area contributed by atoms with Crippen molar-refractivity contribution in [3.63, 3.8) is 0 Å². The number of nitrogens with one attached hydrogen (secondary N) is 1. The summed E-state index contributed by atoms with van der Waals surface area (Å²) in [5.41, 5.74) is -0.783. The van der Waals surface area contributed by atoms with E-state index in [1.54, 1.807) is 9.58 Å². The van der Waals surface area contributed by atoms with E-state index in [0.717, 1.165) is 25.0 Å². The monoisotopic (exact) mass is 420 g/mol. The van der Waals surface area contributed by atoms with Gasteiger partial charge in [-0.05, 0) is 56.7 Å². The summed E-state index contributed by atoms with van der Waals surface area (Å²) in [6.07, 6.45) is -0.138. The molecule has 0 amide bonds. The van der Waals surface area contributed by atoms with Crippen LogP contribution < -0.4 is 10.1 Å². The average molecular weight is 420 g/mol. The van der Waals surface area contributed by atoms with Crippen LogP contribution in [0.15, 0.2) is 24.3 Å². The number of fused-ring (bicyclic) bond motifs is 2. The molecule has 10 heteroatoms. The lowest BCUT2D eigenvalue weighted by molar-refractivity contribution is -0.137. The smallest absolute Gasteiger partial charge is 0.416 e. The van der Waals surface area contributed by atoms with Gasteiger partial charge in [0.2, 0.25) is 5.95 Å². The number of ether oxygens (including phenoxy) is 1. The fraction of sp³-hybridized carbons (Fsp3) is 0.550. The van der Waals surface area contributed by atoms with Gasteiger partial charge >= 0.3 is 12.2 Å². The number of hydrogen-bond donors (Lipinski definition) is 1. The fourth-order valence-electron chi connectivity index (χ4n) is 4.31. The van der Waals surface area contributed by atoms with Gasteiger partial charge in [0.05, 0.1) is 11.6 Å². The van der Waals surface area contributed by atoms with Crippen LogP contribution in [0.3, 0.4) is 0 Å². The van der Waals surface area contributed by atoms with Crippen molar-refractivity contribution in [2.24, 2.45) is 11.8 Å². The zero-order valence-electron chi connectivity index (χ0n) is 16.7. The summed E-state index contributed by atoms with van der Waals surface area (Å²) in [4.78, 5) is 6.20. The Balaban J connectivity index is 1.54. The number of aromatic nitrogens is 3. The summed E-state index contributed by atoms with van der Waals surface area (Å²) in [5.74, 6) is 1.11. The lowest BCUT2D eigenvalue weighted by Crippen LogP contribution is -2.46. The maximum absolute atomic E-state index is 13.0. The maximum Gasteiger partial charge on any atom is 0.416 e. The third-order valence-electron chi connectivity index (χ3n) is 5.73. The molecule has 2 aliphatic rings. The topological polar surface area (TPSA) is 79.0 Å². The Bertz CT molecular complexity index is 937. The molecule has 1 saturated carbocycles. The summed E-state index contributed by atoms with van der Waals surface area (Å²) in [5, 5.41) is 17.0. The lowest BCUT2D eigenvalue weighted by atomic mass is 9.92. The normalized spacial score (nSPS) is 23.5. The molecule has 1 saturated heterocycles. The van der Waals surface area contributed by atoms with E-state index < -0.39 is 11.7 Å². The van der Waals surface area contributed by atoms with Crippen LogP contribution in [-0.2, 0) is 6.18 Å². The quantitative estimate of drug-likeness (QED) is 0.728. The molecular weight excluding hydrogens is 397 g/mol. The van der Waals surface area contributed by atoms with Crippen molar-refractivity contribution in [1.29, 1.82) is 5.26 Å². The molecule has 30 heavy (non-hydrogen) atoms. The summed E-state index contributed by atoms with van der Waals surface area (Å²) < 4.78 is 46.2. The number of benzene rings is 1. The molecule has 2 atom stereocenters. The number of alkyl halides is 3. The first-order valence-corrected chi connectivity index (χ1v) is 9.97. The van der Waals surface area contributed by atoms with E-state index in [1.807, 2.05) is 13.8 Å². The van der Waals surface area contributed by atoms with Crippen LogP contribution in [0.1, 0.15) is 38.3 Å². The van der Waals surface area contributed by atoms with Gasteiger partial charge in [-0.1, -0.05) is 6.07 Å². The van der Waals surface area contributed by atoms with Crippen LogP contribution >= 0.6 is 0 Å². The molecule has 1 aromatic carbocycles. The Morgan fingerprint density at radius 2 is 1.93 bits per heavy atom. The van der Waals surface area contributed by atoms with Gasteiger partial charge in [-0.3, -0.25) is 0 Å². The van der Waals surface area contributed by atoms with Crippen molar-refractivity contribution in [3.05, 3.63) is 29.8 Å². The Morgan fingerprint density at radius 1 is 1.23 bits per heavy atom. The van der Waals surface area contributed by atoms with E-state index in [0.29, 0.717) is 30.9 Å². The Kier molecular flexibility index (Phi) is 5.22. The molecule has 2 aromatic rings. The van der Waals surface area contributed by atoms with Crippen molar-refractivity contribution < 1.29 is 17.9 Å². The highest BCUT2D eigenvalue weighted by Crippen LogP contribution is 2.38. The predicted octanol–water partition coefficient (Wildman–Crippen LogP) is 4.27. The highest BCUT2D eigenvalue weighted by molar-refractivity contribution is 5.34. The van der Waals surface area contributed by atoms with Gasteiger partial charge < -0.3 is 15.0 Å². The molecule has 2 heterocycles. The van der Waals surface area contributed by atoms with E-state index in [9.17, 15) is 18.4 Å². The number of nitrogens with zero attached hydrogens (tertiary/aromatic N) is 5. The summed E-state index contributed by atoms with van der Waals surface area (Å²) in [7, 11) is 0. The lowest BCUT2D eigenvalue weighted by Gasteiger charge is -2.35. The van der Waals surface area contributed by atoms with Crippen molar-refractivity contribution in [2.75, 3.05) is 18.4 Å². The number of nitriles is 1. The molecule has 1 N–H and O–H groups in total. The Hall–Kier alpha value is -2.96. The molecule has 160 valence electrons. The molecule has 7 nitrogen and oxygen atoms in total. The number of likely N-dealkylation sites (tertiary alicyclic amines) is 1. The summed E-state index contributed by atoms with van der Waals surface area (Å²) in [6, 6.07) is 4.91. The van der Waals surface area contributed by atoms with Crippen molar-refractivity contribution >= 4 is 5.95 Å². The van der Waals surface area contributed by atoms with Crippen LogP contribution in [0.25, 0.3) is 0 Å². The molecule has 0 radical (unpaired) electrons. The van der Waals surface area contributed by atoms with Gasteiger partial charge in [-0.15, -0.1) is 5.10 Å². The third kappa shape index (κ3) is 4.01. The number of halogens is 3. The Labute approximate surface area is 172 Å². The van der Waals surface area contributed by atoms with Crippen molar-refractivity contribution in [2.45, 2.75) is 44.9 Å². The SMILES string of the molecule is CC(C)n1nc(NC2C3CCC2CN(C#N)C3)nc1Oc1cccc(C(F)(F)F)c1. The van der Waals surface area contributed by atoms with Crippen LogP contribution in [0, 0.1) is 23.3 Å². The number of hydrogen-bond acceptors (Lipinski definition) is 6. The van der Waals surface area contributed by atoms with E-state index in [1.165, 1.54) is 12.1 Å². The van der Waals surface area contributed by atoms with Crippen molar-refractivity contribution in [3.8, 4) is 18.0 Å². The molecule has 4 rings (SSSR count). The van der Waals surface area contributed by atoms with Gasteiger partial charge in [0.15, 0.2) is 6.19 Å². The second-order valence-electron chi connectivity index (χ2n) is 8.16. The first kappa shape index (κ1) is 20.3. The highest BCUT2D eigenvalue weighted by atomic mass is 19.4. The van der Waals surface area contributed by atoms with E-state index >= 15 is 0 Å². The second-order valence-corrected chi connectivity index (χ2v) is 8.16. The number of anilines is 1. The van der Waals surface area contributed by atoms with Crippen LogP contribution in [0.4, 0.5) is 19.1 Å². The minimum absolute atomic E-state index is 0.0491. The van der Waals surface area contributed by atoms with Gasteiger partial charge in [0.25, 0.3) is 0 Å². The average Bonchev–Trinajstić information content (AvgIpc) is 3.18. The first-order chi connectivity index (χ1) is 14.2. The number of rotatable bonds is 5. The highest BCUT2D eigenvalue weighted by Gasteiger charge is 2.42. The molecule has 0 spiro atoms. The summed E-state index contributed by atoms with van der Waals surface area (Å²) >= 11 is 0. The second kappa shape index (κ2) is 7.70. The maximum atomic E-state index is 13.0.